The van der Waals surface area contributed by atoms with Gasteiger partial charge in [-0.2, -0.15) is 5.26 Å². The number of nitriles is 1. The van der Waals surface area contributed by atoms with Crippen LogP contribution in [0.4, 0.5) is 4.39 Å². The summed E-state index contributed by atoms with van der Waals surface area (Å²) in [4.78, 5) is 4.39. The van der Waals surface area contributed by atoms with Crippen molar-refractivity contribution in [3.8, 4) is 6.07 Å². The Balaban J connectivity index is 2.25. The van der Waals surface area contributed by atoms with Crippen LogP contribution in [0.3, 0.4) is 0 Å². The van der Waals surface area contributed by atoms with Gasteiger partial charge in [0.1, 0.15) is 16.9 Å². The number of aromatic nitrogens is 1. The maximum Gasteiger partial charge on any atom is 0.124 e. The van der Waals surface area contributed by atoms with Gasteiger partial charge in [0, 0.05) is 16.5 Å². The van der Waals surface area contributed by atoms with E-state index < -0.39 is 0 Å². The number of halogens is 2. The summed E-state index contributed by atoms with van der Waals surface area (Å²) in [6.07, 6.45) is 0. The summed E-state index contributed by atoms with van der Waals surface area (Å²) in [5.74, 6) is 0.190. The fourth-order valence-electron chi connectivity index (χ4n) is 1.83. The highest BCUT2D eigenvalue weighted by Gasteiger charge is 2.10. The van der Waals surface area contributed by atoms with Gasteiger partial charge < -0.3 is 0 Å². The van der Waals surface area contributed by atoms with Crippen LogP contribution in [0.15, 0.2) is 29.3 Å². The minimum atomic E-state index is -0.356. The zero-order chi connectivity index (χ0) is 14.7. The first-order chi connectivity index (χ1) is 9.51. The second-order valence-corrected chi connectivity index (χ2v) is 5.77. The van der Waals surface area contributed by atoms with Crippen LogP contribution in [-0.2, 0) is 5.75 Å². The quantitative estimate of drug-likeness (QED) is 0.774. The fourth-order valence-corrected chi connectivity index (χ4v) is 3.24. The largest absolute Gasteiger partial charge is 0.245 e. The second-order valence-electron chi connectivity index (χ2n) is 4.40. The molecule has 102 valence electrons. The van der Waals surface area contributed by atoms with Crippen LogP contribution in [0, 0.1) is 31.0 Å². The maximum atomic E-state index is 13.0. The zero-order valence-electron chi connectivity index (χ0n) is 11.1. The van der Waals surface area contributed by atoms with Crippen molar-refractivity contribution in [2.45, 2.75) is 24.6 Å². The van der Waals surface area contributed by atoms with Gasteiger partial charge in [-0.1, -0.05) is 17.7 Å². The molecule has 0 fully saturated rings. The van der Waals surface area contributed by atoms with Gasteiger partial charge in [0.05, 0.1) is 5.56 Å². The van der Waals surface area contributed by atoms with Crippen molar-refractivity contribution in [3.05, 3.63) is 57.5 Å². The molecule has 0 aliphatic heterocycles. The molecule has 0 radical (unpaired) electrons. The van der Waals surface area contributed by atoms with Gasteiger partial charge >= 0.3 is 0 Å². The minimum absolute atomic E-state index is 0.356. The van der Waals surface area contributed by atoms with Gasteiger partial charge in [-0.25, -0.2) is 9.37 Å². The maximum absolute atomic E-state index is 13.0. The van der Waals surface area contributed by atoms with E-state index in [2.05, 4.69) is 11.1 Å². The number of pyridine rings is 1. The normalized spacial score (nSPS) is 10.3. The molecule has 2 nitrogen and oxygen atoms in total. The first-order valence-corrected chi connectivity index (χ1v) is 7.32. The van der Waals surface area contributed by atoms with Gasteiger partial charge in [-0.05, 0) is 43.2 Å². The first-order valence-electron chi connectivity index (χ1n) is 5.96. The van der Waals surface area contributed by atoms with E-state index in [9.17, 15) is 9.65 Å². The number of thioether (sulfide) groups is 1. The molecule has 2 aromatic rings. The van der Waals surface area contributed by atoms with Crippen LogP contribution in [0.1, 0.15) is 22.4 Å². The Bertz CT molecular complexity index is 695. The molecule has 0 saturated heterocycles. The van der Waals surface area contributed by atoms with E-state index in [4.69, 9.17) is 11.6 Å². The third-order valence-corrected chi connectivity index (χ3v) is 4.18. The molecule has 1 aromatic heterocycles. The third kappa shape index (κ3) is 3.30. The molecule has 0 aliphatic rings. The molecule has 20 heavy (non-hydrogen) atoms. The Kier molecular flexibility index (Phi) is 4.64. The molecule has 0 amide bonds. The lowest BCUT2D eigenvalue weighted by molar-refractivity contribution is 0.627. The van der Waals surface area contributed by atoms with Crippen molar-refractivity contribution in [1.29, 1.82) is 5.26 Å². The van der Waals surface area contributed by atoms with Gasteiger partial charge in [-0.15, -0.1) is 11.8 Å². The summed E-state index contributed by atoms with van der Waals surface area (Å²) >= 11 is 7.43. The van der Waals surface area contributed by atoms with Crippen molar-refractivity contribution in [3.63, 3.8) is 0 Å². The Labute approximate surface area is 126 Å². The lowest BCUT2D eigenvalue weighted by Gasteiger charge is -2.08. The van der Waals surface area contributed by atoms with Gasteiger partial charge in [0.2, 0.25) is 0 Å². The Hall–Kier alpha value is -1.57. The van der Waals surface area contributed by atoms with Crippen molar-refractivity contribution in [2.75, 3.05) is 0 Å². The summed E-state index contributed by atoms with van der Waals surface area (Å²) in [6.45, 7) is 3.78. The zero-order valence-corrected chi connectivity index (χ0v) is 12.6. The van der Waals surface area contributed by atoms with Crippen molar-refractivity contribution in [2.24, 2.45) is 0 Å². The number of benzene rings is 1. The average molecular weight is 307 g/mol. The molecule has 0 spiro atoms. The Morgan fingerprint density at radius 2 is 2.10 bits per heavy atom. The predicted molar refractivity (Wildman–Crippen MR) is 79.4 cm³/mol. The topological polar surface area (TPSA) is 36.7 Å². The number of hydrogen-bond donors (Lipinski definition) is 0. The number of aryl methyl sites for hydroxylation is 2. The van der Waals surface area contributed by atoms with Crippen molar-refractivity contribution < 1.29 is 4.39 Å². The molecule has 0 atom stereocenters. The summed E-state index contributed by atoms with van der Waals surface area (Å²) in [6, 6.07) is 8.38. The Morgan fingerprint density at radius 1 is 1.35 bits per heavy atom. The number of rotatable bonds is 3. The van der Waals surface area contributed by atoms with E-state index in [0.29, 0.717) is 21.4 Å². The number of nitrogens with zero attached hydrogens (tertiary/aromatic N) is 2. The smallest absolute Gasteiger partial charge is 0.124 e. The minimum Gasteiger partial charge on any atom is -0.245 e. The molecule has 0 aliphatic carbocycles. The van der Waals surface area contributed by atoms with E-state index in [0.717, 1.165) is 16.8 Å². The summed E-state index contributed by atoms with van der Waals surface area (Å²) in [5, 5.41) is 10.3. The van der Waals surface area contributed by atoms with Gasteiger partial charge in [0.25, 0.3) is 0 Å². The van der Waals surface area contributed by atoms with Crippen LogP contribution in [-0.4, -0.2) is 4.98 Å². The highest BCUT2D eigenvalue weighted by molar-refractivity contribution is 7.98. The SMILES string of the molecule is Cc1cc(C)c(C#N)c(SCc2ccc(F)cc2Cl)n1. The predicted octanol–water partition coefficient (Wildman–Crippen LogP) is 4.65. The molecule has 5 heteroatoms. The summed E-state index contributed by atoms with van der Waals surface area (Å²) in [7, 11) is 0. The molecule has 0 N–H and O–H groups in total. The van der Waals surface area contributed by atoms with Gasteiger partial charge in [0.15, 0.2) is 0 Å². The lowest BCUT2D eigenvalue weighted by atomic mass is 10.1. The van der Waals surface area contributed by atoms with E-state index in [1.807, 2.05) is 19.9 Å². The van der Waals surface area contributed by atoms with E-state index in [1.54, 1.807) is 6.07 Å². The second kappa shape index (κ2) is 6.25. The highest BCUT2D eigenvalue weighted by atomic mass is 35.5. The standard InChI is InChI=1S/C15H12ClFN2S/c1-9-5-10(2)19-15(13(9)7-18)20-8-11-3-4-12(17)6-14(11)16/h3-6H,8H2,1-2H3. The van der Waals surface area contributed by atoms with Crippen molar-refractivity contribution in [1.82, 2.24) is 4.98 Å². The van der Waals surface area contributed by atoms with Crippen molar-refractivity contribution >= 4 is 23.4 Å². The summed E-state index contributed by atoms with van der Waals surface area (Å²) in [5.41, 5.74) is 3.18. The van der Waals surface area contributed by atoms with Crippen LogP contribution in [0.25, 0.3) is 0 Å². The van der Waals surface area contributed by atoms with E-state index in [-0.39, 0.29) is 5.82 Å². The third-order valence-electron chi connectivity index (χ3n) is 2.80. The monoisotopic (exact) mass is 306 g/mol. The van der Waals surface area contributed by atoms with Crippen LogP contribution in [0.2, 0.25) is 5.02 Å². The first kappa shape index (κ1) is 14.8. The van der Waals surface area contributed by atoms with Crippen LogP contribution >= 0.6 is 23.4 Å². The molecule has 0 bridgehead atoms. The average Bonchev–Trinajstić information content (AvgIpc) is 2.37. The number of hydrogen-bond acceptors (Lipinski definition) is 3. The van der Waals surface area contributed by atoms with Crippen LogP contribution < -0.4 is 0 Å². The fraction of sp³-hybridized carbons (Fsp3) is 0.200. The molecular formula is C15H12ClFN2S. The lowest BCUT2D eigenvalue weighted by Crippen LogP contribution is -1.95. The van der Waals surface area contributed by atoms with Crippen LogP contribution in [0.5, 0.6) is 0 Å². The molecule has 1 aromatic carbocycles. The molecule has 2 rings (SSSR count). The van der Waals surface area contributed by atoms with E-state index in [1.165, 1.54) is 23.9 Å². The highest BCUT2D eigenvalue weighted by Crippen LogP contribution is 2.29. The van der Waals surface area contributed by atoms with Gasteiger partial charge in [-0.3, -0.25) is 0 Å². The molecular weight excluding hydrogens is 295 g/mol. The molecule has 1 heterocycles. The van der Waals surface area contributed by atoms with E-state index >= 15 is 0 Å². The molecule has 0 saturated carbocycles. The summed E-state index contributed by atoms with van der Waals surface area (Å²) < 4.78 is 13.0. The molecule has 0 unspecified atom stereocenters. The Morgan fingerprint density at radius 3 is 2.75 bits per heavy atom.